The van der Waals surface area contributed by atoms with E-state index in [0.717, 1.165) is 0 Å². The van der Waals surface area contributed by atoms with E-state index >= 15 is 0 Å². The van der Waals surface area contributed by atoms with E-state index in [9.17, 15) is 0 Å². The molecule has 2 aliphatic rings. The first-order valence-corrected chi connectivity index (χ1v) is 5.53. The summed E-state index contributed by atoms with van der Waals surface area (Å²) in [6.07, 6.45) is 9.05. The molecule has 0 aliphatic heterocycles. The highest BCUT2D eigenvalue weighted by Gasteiger charge is 2.53. The van der Waals surface area contributed by atoms with E-state index in [1.54, 1.807) is 0 Å². The van der Waals surface area contributed by atoms with E-state index in [4.69, 9.17) is 10.2 Å². The molecule has 2 atom stereocenters. The van der Waals surface area contributed by atoms with Gasteiger partial charge in [-0.25, -0.2) is 0 Å². The molecule has 1 aromatic heterocycles. The van der Waals surface area contributed by atoms with E-state index in [2.05, 4.69) is 6.92 Å². The van der Waals surface area contributed by atoms with Crippen molar-refractivity contribution in [3.8, 4) is 0 Å². The summed E-state index contributed by atoms with van der Waals surface area (Å²) in [7, 11) is 0. The molecule has 2 unspecified atom stereocenters. The van der Waals surface area contributed by atoms with Gasteiger partial charge in [0.05, 0.1) is 12.5 Å². The van der Waals surface area contributed by atoms with Gasteiger partial charge >= 0.3 is 0 Å². The Kier molecular flexibility index (Phi) is 1.61. The quantitative estimate of drug-likeness (QED) is 0.740. The van der Waals surface area contributed by atoms with Crippen molar-refractivity contribution in [3.05, 3.63) is 23.7 Å². The van der Waals surface area contributed by atoms with Crippen molar-refractivity contribution in [3.63, 3.8) is 0 Å². The largest absolute Gasteiger partial charge is 0.472 e. The number of rotatable bonds is 1. The van der Waals surface area contributed by atoms with Crippen molar-refractivity contribution in [1.29, 1.82) is 0 Å². The maximum Gasteiger partial charge on any atom is 0.0941 e. The fourth-order valence-electron chi connectivity index (χ4n) is 3.24. The Balaban J connectivity index is 2.05. The van der Waals surface area contributed by atoms with E-state index < -0.39 is 0 Å². The lowest BCUT2D eigenvalue weighted by atomic mass is 9.71. The number of nitrogens with two attached hydrogens (primary N) is 1. The molecule has 14 heavy (non-hydrogen) atoms. The van der Waals surface area contributed by atoms with Crippen molar-refractivity contribution < 1.29 is 4.42 Å². The Morgan fingerprint density at radius 1 is 1.43 bits per heavy atom. The van der Waals surface area contributed by atoms with Gasteiger partial charge < -0.3 is 10.2 Å². The average Bonchev–Trinajstić information content (AvgIpc) is 2.75. The number of fused-ring (bicyclic) bond motifs is 1. The molecule has 0 radical (unpaired) electrons. The van der Waals surface area contributed by atoms with Crippen LogP contribution in [0.25, 0.3) is 0 Å². The Labute approximate surface area is 84.5 Å². The third-order valence-corrected chi connectivity index (χ3v) is 4.08. The minimum atomic E-state index is 0.258. The van der Waals surface area contributed by atoms with Gasteiger partial charge in [-0.2, -0.15) is 0 Å². The minimum Gasteiger partial charge on any atom is -0.472 e. The lowest BCUT2D eigenvalue weighted by Crippen LogP contribution is -2.34. The van der Waals surface area contributed by atoms with Crippen molar-refractivity contribution in [2.24, 2.45) is 11.1 Å². The van der Waals surface area contributed by atoms with Gasteiger partial charge in [0.15, 0.2) is 0 Å². The molecule has 1 heterocycles. The van der Waals surface area contributed by atoms with E-state index in [1.807, 2.05) is 12.5 Å². The first-order chi connectivity index (χ1) is 6.73. The van der Waals surface area contributed by atoms with Crippen LogP contribution in [0.2, 0.25) is 0 Å². The molecule has 0 amide bonds. The summed E-state index contributed by atoms with van der Waals surface area (Å²) in [4.78, 5) is 0. The Morgan fingerprint density at radius 3 is 2.86 bits per heavy atom. The molecule has 0 bridgehead atoms. The smallest absolute Gasteiger partial charge is 0.0941 e. The van der Waals surface area contributed by atoms with Crippen LogP contribution in [-0.2, 0) is 6.42 Å². The lowest BCUT2D eigenvalue weighted by molar-refractivity contribution is 0.313. The molecule has 76 valence electrons. The predicted molar refractivity (Wildman–Crippen MR) is 55.1 cm³/mol. The van der Waals surface area contributed by atoms with Crippen molar-refractivity contribution in [2.45, 2.75) is 44.6 Å². The van der Waals surface area contributed by atoms with Crippen LogP contribution in [0.1, 0.15) is 43.2 Å². The average molecular weight is 191 g/mol. The maximum atomic E-state index is 6.12. The third kappa shape index (κ3) is 1.01. The molecule has 1 spiro atoms. The third-order valence-electron chi connectivity index (χ3n) is 4.08. The molecule has 0 saturated heterocycles. The summed E-state index contributed by atoms with van der Waals surface area (Å²) in [5.74, 6) is 0.546. The number of hydrogen-bond acceptors (Lipinski definition) is 2. The first-order valence-electron chi connectivity index (χ1n) is 5.53. The molecule has 2 nitrogen and oxygen atoms in total. The summed E-state index contributed by atoms with van der Waals surface area (Å²) in [6, 6.07) is 0.258. The SMILES string of the molecule is CC(N)C1c2cocc2CCC12CC2. The summed E-state index contributed by atoms with van der Waals surface area (Å²) < 4.78 is 5.31. The highest BCUT2D eigenvalue weighted by atomic mass is 16.3. The zero-order chi connectivity index (χ0) is 9.76. The summed E-state index contributed by atoms with van der Waals surface area (Å²) in [5.41, 5.74) is 9.45. The maximum absolute atomic E-state index is 6.12. The zero-order valence-corrected chi connectivity index (χ0v) is 8.62. The first kappa shape index (κ1) is 8.54. The fourth-order valence-corrected chi connectivity index (χ4v) is 3.24. The van der Waals surface area contributed by atoms with Crippen molar-refractivity contribution in [2.75, 3.05) is 0 Å². The van der Waals surface area contributed by atoms with Crippen LogP contribution < -0.4 is 5.73 Å². The Morgan fingerprint density at radius 2 is 2.21 bits per heavy atom. The molecule has 1 saturated carbocycles. The second-order valence-corrected chi connectivity index (χ2v) is 5.05. The van der Waals surface area contributed by atoms with Crippen LogP contribution in [0.3, 0.4) is 0 Å². The van der Waals surface area contributed by atoms with Gasteiger partial charge in [-0.15, -0.1) is 0 Å². The van der Waals surface area contributed by atoms with E-state index in [1.165, 1.54) is 36.8 Å². The summed E-state index contributed by atoms with van der Waals surface area (Å²) in [5, 5.41) is 0. The minimum absolute atomic E-state index is 0.258. The van der Waals surface area contributed by atoms with Crippen LogP contribution in [0, 0.1) is 5.41 Å². The summed E-state index contributed by atoms with van der Waals surface area (Å²) in [6.45, 7) is 2.13. The molecule has 3 rings (SSSR count). The van der Waals surface area contributed by atoms with Crippen LogP contribution in [0.4, 0.5) is 0 Å². The fraction of sp³-hybridized carbons (Fsp3) is 0.667. The number of hydrogen-bond donors (Lipinski definition) is 1. The molecule has 2 N–H and O–H groups in total. The van der Waals surface area contributed by atoms with Crippen LogP contribution in [0.15, 0.2) is 16.9 Å². The van der Waals surface area contributed by atoms with Gasteiger partial charge in [-0.05, 0) is 49.1 Å². The molecular formula is C12H17NO. The van der Waals surface area contributed by atoms with Crippen LogP contribution >= 0.6 is 0 Å². The zero-order valence-electron chi connectivity index (χ0n) is 8.62. The van der Waals surface area contributed by atoms with Crippen LogP contribution in [-0.4, -0.2) is 6.04 Å². The predicted octanol–water partition coefficient (Wildman–Crippen LogP) is 2.44. The van der Waals surface area contributed by atoms with Gasteiger partial charge in [-0.3, -0.25) is 0 Å². The van der Waals surface area contributed by atoms with Gasteiger partial charge in [0.25, 0.3) is 0 Å². The highest BCUT2D eigenvalue weighted by Crippen LogP contribution is 2.62. The van der Waals surface area contributed by atoms with Gasteiger partial charge in [0.2, 0.25) is 0 Å². The van der Waals surface area contributed by atoms with Gasteiger partial charge in [0, 0.05) is 12.0 Å². The monoisotopic (exact) mass is 191 g/mol. The second-order valence-electron chi connectivity index (χ2n) is 5.05. The Hall–Kier alpha value is -0.760. The second kappa shape index (κ2) is 2.63. The molecular weight excluding hydrogens is 174 g/mol. The van der Waals surface area contributed by atoms with Gasteiger partial charge in [-0.1, -0.05) is 0 Å². The normalized spacial score (nSPS) is 30.0. The van der Waals surface area contributed by atoms with Gasteiger partial charge in [0.1, 0.15) is 0 Å². The van der Waals surface area contributed by atoms with E-state index in [-0.39, 0.29) is 6.04 Å². The molecule has 1 aromatic rings. The molecule has 0 aromatic carbocycles. The highest BCUT2D eigenvalue weighted by molar-refractivity contribution is 5.34. The van der Waals surface area contributed by atoms with E-state index in [0.29, 0.717) is 11.3 Å². The lowest BCUT2D eigenvalue weighted by Gasteiger charge is -2.34. The molecule has 2 heteroatoms. The molecule has 1 fully saturated rings. The Bertz CT molecular complexity index is 349. The molecule has 2 aliphatic carbocycles. The van der Waals surface area contributed by atoms with Crippen molar-refractivity contribution in [1.82, 2.24) is 0 Å². The topological polar surface area (TPSA) is 39.2 Å². The van der Waals surface area contributed by atoms with Crippen molar-refractivity contribution >= 4 is 0 Å². The standard InChI is InChI=1S/C12H17NO/c1-8(13)11-10-7-14-6-9(10)2-3-12(11)4-5-12/h6-8,11H,2-5,13H2,1H3. The summed E-state index contributed by atoms with van der Waals surface area (Å²) >= 11 is 0. The number of furan rings is 1. The number of aryl methyl sites for hydroxylation is 1. The van der Waals surface area contributed by atoms with Crippen LogP contribution in [0.5, 0.6) is 0 Å².